The molecule has 1 fully saturated rings. The summed E-state index contributed by atoms with van der Waals surface area (Å²) in [5, 5.41) is 0. The molecule has 0 N–H and O–H groups in total. The summed E-state index contributed by atoms with van der Waals surface area (Å²) in [6, 6.07) is 14.5. The van der Waals surface area contributed by atoms with Crippen LogP contribution in [0.15, 0.2) is 71.6 Å². The monoisotopic (exact) mass is 294 g/mol. The first-order chi connectivity index (χ1) is 10.8. The highest BCUT2D eigenvalue weighted by atomic mass is 16.5. The largest absolute Gasteiger partial charge is 0.490 e. The van der Waals surface area contributed by atoms with Gasteiger partial charge in [0.1, 0.15) is 17.6 Å². The fourth-order valence-electron chi connectivity index (χ4n) is 3.11. The number of rotatable bonds is 5. The molecule has 2 nitrogen and oxygen atoms in total. The average molecular weight is 294 g/mol. The first-order valence-corrected chi connectivity index (χ1v) is 7.95. The lowest BCUT2D eigenvalue weighted by Crippen LogP contribution is -2.25. The smallest absolute Gasteiger partial charge is 0.126 e. The highest BCUT2D eigenvalue weighted by Crippen LogP contribution is 2.35. The lowest BCUT2D eigenvalue weighted by atomic mass is 9.81. The second kappa shape index (κ2) is 7.17. The molecular weight excluding hydrogens is 272 g/mol. The highest BCUT2D eigenvalue weighted by molar-refractivity contribution is 5.45. The van der Waals surface area contributed by atoms with Gasteiger partial charge in [0.2, 0.25) is 0 Å². The van der Waals surface area contributed by atoms with Gasteiger partial charge in [-0.15, -0.1) is 0 Å². The van der Waals surface area contributed by atoms with Crippen LogP contribution in [0.3, 0.4) is 0 Å². The van der Waals surface area contributed by atoms with Gasteiger partial charge in [-0.05, 0) is 49.1 Å². The molecule has 0 spiro atoms. The van der Waals surface area contributed by atoms with Crippen LogP contribution in [-0.4, -0.2) is 6.10 Å². The van der Waals surface area contributed by atoms with Crippen molar-refractivity contribution >= 4 is 6.08 Å². The Balaban J connectivity index is 1.65. The zero-order chi connectivity index (χ0) is 15.2. The SMILES string of the molecule is C=C(/C=C/c1ccco1)O[C@@H]1CCCC[C@H]1c1ccccc1. The molecule has 3 rings (SSSR count). The van der Waals surface area contributed by atoms with E-state index in [0.29, 0.717) is 11.7 Å². The standard InChI is InChI=1S/C20H22O2/c1-16(13-14-18-10-7-15-21-18)22-20-12-6-5-11-19(20)17-8-3-2-4-9-17/h2-4,7-10,13-15,19-20H,1,5-6,11-12H2/b14-13+/t19-,20+/m0/s1. The van der Waals surface area contributed by atoms with Gasteiger partial charge >= 0.3 is 0 Å². The quantitative estimate of drug-likeness (QED) is 0.533. The molecule has 1 aromatic heterocycles. The minimum atomic E-state index is 0.213. The zero-order valence-corrected chi connectivity index (χ0v) is 12.8. The Bertz CT molecular complexity index is 610. The zero-order valence-electron chi connectivity index (χ0n) is 12.8. The molecule has 1 saturated carbocycles. The Hall–Kier alpha value is -2.22. The number of benzene rings is 1. The number of allylic oxidation sites excluding steroid dienone is 1. The maximum atomic E-state index is 6.13. The lowest BCUT2D eigenvalue weighted by Gasteiger charge is -2.32. The van der Waals surface area contributed by atoms with Crippen molar-refractivity contribution in [3.05, 3.63) is 78.5 Å². The maximum absolute atomic E-state index is 6.13. The van der Waals surface area contributed by atoms with E-state index < -0.39 is 0 Å². The molecule has 1 heterocycles. The van der Waals surface area contributed by atoms with E-state index in [0.717, 1.165) is 12.2 Å². The molecule has 1 aliphatic rings. The third kappa shape index (κ3) is 3.70. The predicted octanol–water partition coefficient (Wildman–Crippen LogP) is 5.55. The minimum Gasteiger partial charge on any atom is -0.490 e. The molecular formula is C20H22O2. The summed E-state index contributed by atoms with van der Waals surface area (Å²) in [6.07, 6.45) is 10.4. The second-order valence-electron chi connectivity index (χ2n) is 5.77. The summed E-state index contributed by atoms with van der Waals surface area (Å²) in [7, 11) is 0. The van der Waals surface area contributed by atoms with E-state index in [-0.39, 0.29) is 6.10 Å². The van der Waals surface area contributed by atoms with Crippen LogP contribution in [0.4, 0.5) is 0 Å². The van der Waals surface area contributed by atoms with Gasteiger partial charge in [-0.3, -0.25) is 0 Å². The number of hydrogen-bond acceptors (Lipinski definition) is 2. The van der Waals surface area contributed by atoms with Gasteiger partial charge in [-0.1, -0.05) is 43.3 Å². The Kier molecular flexibility index (Phi) is 4.79. The Morgan fingerprint density at radius 2 is 1.91 bits per heavy atom. The highest BCUT2D eigenvalue weighted by Gasteiger charge is 2.27. The molecule has 2 aromatic rings. The third-order valence-electron chi connectivity index (χ3n) is 4.21. The summed E-state index contributed by atoms with van der Waals surface area (Å²) in [6.45, 7) is 4.03. The summed E-state index contributed by atoms with van der Waals surface area (Å²) < 4.78 is 11.4. The number of hydrogen-bond donors (Lipinski definition) is 0. The van der Waals surface area contributed by atoms with Crippen molar-refractivity contribution in [2.24, 2.45) is 0 Å². The van der Waals surface area contributed by atoms with E-state index in [1.165, 1.54) is 24.8 Å². The molecule has 0 saturated heterocycles. The fourth-order valence-corrected chi connectivity index (χ4v) is 3.11. The predicted molar refractivity (Wildman–Crippen MR) is 89.4 cm³/mol. The summed E-state index contributed by atoms with van der Waals surface area (Å²) in [5.74, 6) is 1.97. The van der Waals surface area contributed by atoms with Gasteiger partial charge in [0.15, 0.2) is 0 Å². The maximum Gasteiger partial charge on any atom is 0.126 e. The van der Waals surface area contributed by atoms with Gasteiger partial charge < -0.3 is 9.15 Å². The van der Waals surface area contributed by atoms with Crippen molar-refractivity contribution in [1.29, 1.82) is 0 Å². The lowest BCUT2D eigenvalue weighted by molar-refractivity contribution is 0.0711. The Morgan fingerprint density at radius 3 is 2.68 bits per heavy atom. The van der Waals surface area contributed by atoms with Gasteiger partial charge in [0.05, 0.1) is 6.26 Å². The van der Waals surface area contributed by atoms with Crippen LogP contribution in [0.25, 0.3) is 6.08 Å². The van der Waals surface area contributed by atoms with Crippen molar-refractivity contribution in [3.8, 4) is 0 Å². The summed E-state index contributed by atoms with van der Waals surface area (Å²) in [5.41, 5.74) is 1.37. The number of furan rings is 1. The van der Waals surface area contributed by atoms with E-state index in [1.54, 1.807) is 6.26 Å². The van der Waals surface area contributed by atoms with Crippen LogP contribution in [0.2, 0.25) is 0 Å². The molecule has 1 aromatic carbocycles. The molecule has 1 aliphatic carbocycles. The minimum absolute atomic E-state index is 0.213. The average Bonchev–Trinajstić information content (AvgIpc) is 3.08. The van der Waals surface area contributed by atoms with Gasteiger partial charge in [0, 0.05) is 5.92 Å². The van der Waals surface area contributed by atoms with Crippen molar-refractivity contribution in [3.63, 3.8) is 0 Å². The second-order valence-corrected chi connectivity index (χ2v) is 5.77. The molecule has 0 radical (unpaired) electrons. The molecule has 2 heteroatoms. The van der Waals surface area contributed by atoms with Gasteiger partial charge in [-0.2, -0.15) is 0 Å². The molecule has 114 valence electrons. The third-order valence-corrected chi connectivity index (χ3v) is 4.21. The van der Waals surface area contributed by atoms with E-state index in [1.807, 2.05) is 24.3 Å². The molecule has 0 bridgehead atoms. The molecule has 2 atom stereocenters. The first kappa shape index (κ1) is 14.7. The van der Waals surface area contributed by atoms with Crippen molar-refractivity contribution in [1.82, 2.24) is 0 Å². The van der Waals surface area contributed by atoms with Crippen LogP contribution in [0.5, 0.6) is 0 Å². The van der Waals surface area contributed by atoms with Gasteiger partial charge in [0.25, 0.3) is 0 Å². The topological polar surface area (TPSA) is 22.4 Å². The summed E-state index contributed by atoms with van der Waals surface area (Å²) >= 11 is 0. The van der Waals surface area contributed by atoms with E-state index in [4.69, 9.17) is 9.15 Å². The number of ether oxygens (including phenoxy) is 1. The van der Waals surface area contributed by atoms with Crippen LogP contribution >= 0.6 is 0 Å². The van der Waals surface area contributed by atoms with Crippen LogP contribution in [0, 0.1) is 0 Å². The molecule has 22 heavy (non-hydrogen) atoms. The summed E-state index contributed by atoms with van der Waals surface area (Å²) in [4.78, 5) is 0. The van der Waals surface area contributed by atoms with Crippen LogP contribution in [0.1, 0.15) is 42.9 Å². The van der Waals surface area contributed by atoms with Crippen LogP contribution < -0.4 is 0 Å². The fraction of sp³-hybridized carbons (Fsp3) is 0.300. The van der Waals surface area contributed by atoms with Crippen molar-refractivity contribution in [2.75, 3.05) is 0 Å². The normalized spacial score (nSPS) is 21.8. The van der Waals surface area contributed by atoms with Crippen molar-refractivity contribution < 1.29 is 9.15 Å². The van der Waals surface area contributed by atoms with E-state index >= 15 is 0 Å². The molecule has 0 aliphatic heterocycles. The van der Waals surface area contributed by atoms with E-state index in [9.17, 15) is 0 Å². The van der Waals surface area contributed by atoms with E-state index in [2.05, 4.69) is 36.9 Å². The molecule has 0 unspecified atom stereocenters. The molecule has 0 amide bonds. The Morgan fingerprint density at radius 1 is 1.09 bits per heavy atom. The van der Waals surface area contributed by atoms with Crippen LogP contribution in [-0.2, 0) is 4.74 Å². The van der Waals surface area contributed by atoms with Crippen molar-refractivity contribution in [2.45, 2.75) is 37.7 Å². The first-order valence-electron chi connectivity index (χ1n) is 7.95. The Labute approximate surface area is 132 Å². The van der Waals surface area contributed by atoms with Gasteiger partial charge in [-0.25, -0.2) is 0 Å².